The molecule has 0 spiro atoms. The SMILES string of the molecule is CC12C=CC=CC1Sc1ccccc1N2c1ccc(OC2CCN(CC3CCOCC3)CC2)cc1. The average molecular weight is 489 g/mol. The molecule has 2 aromatic carbocycles. The monoisotopic (exact) mass is 488 g/mol. The van der Waals surface area contributed by atoms with E-state index in [4.69, 9.17) is 9.47 Å². The fourth-order valence-corrected chi connectivity index (χ4v) is 7.29. The summed E-state index contributed by atoms with van der Waals surface area (Å²) in [6, 6.07) is 17.6. The summed E-state index contributed by atoms with van der Waals surface area (Å²) in [4.78, 5) is 6.47. The molecule has 2 atom stereocenters. The molecule has 0 radical (unpaired) electrons. The third-order valence-corrected chi connectivity index (χ3v) is 9.53. The summed E-state index contributed by atoms with van der Waals surface area (Å²) in [5.41, 5.74) is 2.39. The van der Waals surface area contributed by atoms with Gasteiger partial charge in [-0.15, -0.1) is 11.8 Å². The van der Waals surface area contributed by atoms with Crippen molar-refractivity contribution in [1.82, 2.24) is 4.90 Å². The molecule has 4 aliphatic rings. The van der Waals surface area contributed by atoms with Crippen LogP contribution >= 0.6 is 11.8 Å². The van der Waals surface area contributed by atoms with Gasteiger partial charge in [-0.3, -0.25) is 0 Å². The van der Waals surface area contributed by atoms with Crippen molar-refractivity contribution in [3.8, 4) is 5.75 Å². The first-order valence-electron chi connectivity index (χ1n) is 13.2. The Morgan fingerprint density at radius 2 is 1.74 bits per heavy atom. The highest BCUT2D eigenvalue weighted by molar-refractivity contribution is 8.00. The van der Waals surface area contributed by atoms with Crippen LogP contribution in [0, 0.1) is 5.92 Å². The highest BCUT2D eigenvalue weighted by Gasteiger charge is 2.43. The molecule has 0 amide bonds. The zero-order valence-corrected chi connectivity index (χ0v) is 21.5. The number of anilines is 2. The van der Waals surface area contributed by atoms with Crippen molar-refractivity contribution in [2.24, 2.45) is 5.92 Å². The van der Waals surface area contributed by atoms with Gasteiger partial charge in [0.1, 0.15) is 11.9 Å². The number of benzene rings is 2. The fourth-order valence-electron chi connectivity index (χ4n) is 5.99. The summed E-state index contributed by atoms with van der Waals surface area (Å²) in [6.07, 6.45) is 14.0. The summed E-state index contributed by atoms with van der Waals surface area (Å²) >= 11 is 1.96. The molecule has 0 saturated carbocycles. The van der Waals surface area contributed by atoms with Crippen LogP contribution in [0.15, 0.2) is 77.7 Å². The van der Waals surface area contributed by atoms with Crippen molar-refractivity contribution >= 4 is 23.1 Å². The standard InChI is InChI=1S/C30H36N2O2S/c1-30-17-5-4-8-29(30)35-28-7-3-2-6-27(28)32(30)24-9-11-25(12-10-24)34-26-13-18-31(19-14-26)22-23-15-20-33-21-16-23/h2-12,17,23,26,29H,13-16,18-22H2,1H3. The van der Waals surface area contributed by atoms with Gasteiger partial charge in [0.25, 0.3) is 0 Å². The van der Waals surface area contributed by atoms with E-state index in [0.717, 1.165) is 50.8 Å². The van der Waals surface area contributed by atoms with E-state index >= 15 is 0 Å². The molecule has 0 N–H and O–H groups in total. The molecule has 184 valence electrons. The third-order valence-electron chi connectivity index (χ3n) is 8.04. The minimum absolute atomic E-state index is 0.104. The maximum Gasteiger partial charge on any atom is 0.119 e. The van der Waals surface area contributed by atoms with Crippen LogP contribution in [-0.2, 0) is 4.74 Å². The van der Waals surface area contributed by atoms with Gasteiger partial charge in [0.2, 0.25) is 0 Å². The molecule has 35 heavy (non-hydrogen) atoms. The first kappa shape index (κ1) is 23.2. The zero-order valence-electron chi connectivity index (χ0n) is 20.6. The van der Waals surface area contributed by atoms with Crippen molar-refractivity contribution in [3.63, 3.8) is 0 Å². The Kier molecular flexibility index (Phi) is 6.66. The van der Waals surface area contributed by atoms with Gasteiger partial charge in [-0.2, -0.15) is 0 Å². The summed E-state index contributed by atoms with van der Waals surface area (Å²) in [6.45, 7) is 7.73. The first-order valence-corrected chi connectivity index (χ1v) is 14.1. The van der Waals surface area contributed by atoms with Gasteiger partial charge in [-0.25, -0.2) is 0 Å². The predicted octanol–water partition coefficient (Wildman–Crippen LogP) is 6.45. The largest absolute Gasteiger partial charge is 0.490 e. The molecule has 0 bridgehead atoms. The summed E-state index contributed by atoms with van der Waals surface area (Å²) in [5.74, 6) is 1.79. The van der Waals surface area contributed by atoms with Crippen LogP contribution in [0.1, 0.15) is 32.6 Å². The number of nitrogens with zero attached hydrogens (tertiary/aromatic N) is 2. The second-order valence-corrected chi connectivity index (χ2v) is 11.7. The molecule has 2 saturated heterocycles. The maximum atomic E-state index is 6.44. The second-order valence-electron chi connectivity index (χ2n) is 10.5. The minimum Gasteiger partial charge on any atom is -0.490 e. The topological polar surface area (TPSA) is 24.9 Å². The molecule has 0 aromatic heterocycles. The van der Waals surface area contributed by atoms with Gasteiger partial charge in [-0.1, -0.05) is 36.4 Å². The Hall–Kier alpha value is -2.21. The molecule has 5 heteroatoms. The number of ether oxygens (including phenoxy) is 2. The first-order chi connectivity index (χ1) is 17.2. The molecular weight excluding hydrogens is 452 g/mol. The number of piperidine rings is 1. The number of likely N-dealkylation sites (tertiary alicyclic amines) is 1. The van der Waals surface area contributed by atoms with Gasteiger partial charge in [0.05, 0.1) is 16.5 Å². The minimum atomic E-state index is -0.104. The number of fused-ring (bicyclic) bond motifs is 2. The van der Waals surface area contributed by atoms with E-state index < -0.39 is 0 Å². The second kappa shape index (κ2) is 10.0. The van der Waals surface area contributed by atoms with Crippen molar-refractivity contribution in [1.29, 1.82) is 0 Å². The lowest BCUT2D eigenvalue weighted by atomic mass is 9.89. The van der Waals surface area contributed by atoms with Crippen molar-refractivity contribution < 1.29 is 9.47 Å². The van der Waals surface area contributed by atoms with Crippen LogP contribution in [0.25, 0.3) is 0 Å². The number of rotatable bonds is 5. The van der Waals surface area contributed by atoms with Gasteiger partial charge in [0.15, 0.2) is 0 Å². The third kappa shape index (κ3) is 4.78. The average Bonchev–Trinajstić information content (AvgIpc) is 2.89. The van der Waals surface area contributed by atoms with Crippen molar-refractivity contribution in [2.45, 2.75) is 54.4 Å². The van der Waals surface area contributed by atoms with Crippen molar-refractivity contribution in [2.75, 3.05) is 37.7 Å². The summed E-state index contributed by atoms with van der Waals surface area (Å²) < 4.78 is 12.0. The van der Waals surface area contributed by atoms with E-state index in [0.29, 0.717) is 11.4 Å². The Morgan fingerprint density at radius 1 is 0.971 bits per heavy atom. The molecule has 2 aromatic rings. The van der Waals surface area contributed by atoms with E-state index in [1.165, 1.54) is 35.7 Å². The number of hydrogen-bond acceptors (Lipinski definition) is 5. The predicted molar refractivity (Wildman–Crippen MR) is 145 cm³/mol. The molecule has 1 aliphatic carbocycles. The number of thioether (sulfide) groups is 1. The van der Waals surface area contributed by atoms with Gasteiger partial charge < -0.3 is 19.3 Å². The normalized spacial score (nSPS) is 27.5. The van der Waals surface area contributed by atoms with Crippen LogP contribution in [0.4, 0.5) is 11.4 Å². The molecule has 4 nitrogen and oxygen atoms in total. The number of para-hydroxylation sites is 1. The highest BCUT2D eigenvalue weighted by Crippen LogP contribution is 2.52. The lowest BCUT2D eigenvalue weighted by molar-refractivity contribution is 0.0389. The summed E-state index contributed by atoms with van der Waals surface area (Å²) in [5, 5.41) is 0.379. The molecule has 2 fully saturated rings. The molecule has 3 heterocycles. The van der Waals surface area contributed by atoms with Gasteiger partial charge >= 0.3 is 0 Å². The smallest absolute Gasteiger partial charge is 0.119 e. The lowest BCUT2D eigenvalue weighted by Crippen LogP contribution is -2.52. The van der Waals surface area contributed by atoms with Crippen LogP contribution in [0.5, 0.6) is 5.75 Å². The number of allylic oxidation sites excluding steroid dienone is 2. The van der Waals surface area contributed by atoms with E-state index in [1.54, 1.807) is 0 Å². The van der Waals surface area contributed by atoms with E-state index in [2.05, 4.69) is 89.6 Å². The Balaban J connectivity index is 1.12. The highest BCUT2D eigenvalue weighted by atomic mass is 32.2. The molecular formula is C30H36N2O2S. The lowest BCUT2D eigenvalue weighted by Gasteiger charge is -2.50. The number of hydrogen-bond donors (Lipinski definition) is 0. The fraction of sp³-hybridized carbons (Fsp3) is 0.467. The van der Waals surface area contributed by atoms with Gasteiger partial charge in [0, 0.05) is 43.4 Å². The molecule has 6 rings (SSSR count). The van der Waals surface area contributed by atoms with E-state index in [1.807, 2.05) is 11.8 Å². The Morgan fingerprint density at radius 3 is 2.54 bits per heavy atom. The molecule has 2 unspecified atom stereocenters. The van der Waals surface area contributed by atoms with Crippen LogP contribution in [0.2, 0.25) is 0 Å². The maximum absolute atomic E-state index is 6.44. The van der Waals surface area contributed by atoms with Crippen LogP contribution < -0.4 is 9.64 Å². The quantitative estimate of drug-likeness (QED) is 0.481. The van der Waals surface area contributed by atoms with Crippen molar-refractivity contribution in [3.05, 3.63) is 72.8 Å². The zero-order chi connectivity index (χ0) is 23.7. The van der Waals surface area contributed by atoms with E-state index in [-0.39, 0.29) is 5.54 Å². The van der Waals surface area contributed by atoms with Crippen LogP contribution in [-0.4, -0.2) is 54.6 Å². The Labute approximate surface area is 214 Å². The molecule has 3 aliphatic heterocycles. The summed E-state index contributed by atoms with van der Waals surface area (Å²) in [7, 11) is 0. The van der Waals surface area contributed by atoms with Crippen LogP contribution in [0.3, 0.4) is 0 Å². The van der Waals surface area contributed by atoms with Gasteiger partial charge in [-0.05, 0) is 74.9 Å². The van der Waals surface area contributed by atoms with E-state index in [9.17, 15) is 0 Å². The Bertz CT molecular complexity index is 1070.